The first-order valence-corrected chi connectivity index (χ1v) is 5.33. The molecule has 15 heavy (non-hydrogen) atoms. The Morgan fingerprint density at radius 2 is 1.40 bits per heavy atom. The van der Waals surface area contributed by atoms with Crippen molar-refractivity contribution in [1.29, 1.82) is 0 Å². The highest BCUT2D eigenvalue weighted by Gasteiger charge is 2.79. The van der Waals surface area contributed by atoms with Crippen LogP contribution in [0.4, 0.5) is 0 Å². The molecule has 0 unspecified atom stereocenters. The van der Waals surface area contributed by atoms with E-state index in [1.807, 2.05) is 0 Å². The summed E-state index contributed by atoms with van der Waals surface area (Å²) in [7, 11) is 0. The van der Waals surface area contributed by atoms with E-state index in [4.69, 9.17) is 10.2 Å². The van der Waals surface area contributed by atoms with Gasteiger partial charge in [0.05, 0.1) is 11.1 Å². The summed E-state index contributed by atoms with van der Waals surface area (Å²) in [4.78, 5) is 22.2. The van der Waals surface area contributed by atoms with Gasteiger partial charge in [0.1, 0.15) is 0 Å². The van der Waals surface area contributed by atoms with E-state index in [2.05, 4.69) is 0 Å². The van der Waals surface area contributed by atoms with E-state index in [9.17, 15) is 9.59 Å². The van der Waals surface area contributed by atoms with Gasteiger partial charge in [-0.05, 0) is 41.9 Å². The van der Waals surface area contributed by atoms with E-state index in [1.54, 1.807) is 0 Å². The molecule has 0 heterocycles. The summed E-state index contributed by atoms with van der Waals surface area (Å²) in [5.41, 5.74) is 0.470. The highest BCUT2D eigenvalue weighted by molar-refractivity contribution is 6.02. The summed E-state index contributed by atoms with van der Waals surface area (Å²) in [6.07, 6.45) is 1.07. The van der Waals surface area contributed by atoms with Crippen LogP contribution in [0.1, 0.15) is 6.42 Å². The monoisotopic (exact) mass is 206 g/mol. The van der Waals surface area contributed by atoms with Gasteiger partial charge in [-0.2, -0.15) is 0 Å². The van der Waals surface area contributed by atoms with Crippen molar-refractivity contribution < 1.29 is 19.8 Å². The maximum absolute atomic E-state index is 11.1. The normalized spacial score (nSPS) is 52.5. The Balaban J connectivity index is 1.92. The largest absolute Gasteiger partial charge is 0.478 e. The average molecular weight is 206 g/mol. The van der Waals surface area contributed by atoms with Crippen molar-refractivity contribution in [3.05, 3.63) is 11.1 Å². The molecule has 0 radical (unpaired) electrons. The van der Waals surface area contributed by atoms with Gasteiger partial charge in [0.25, 0.3) is 0 Å². The summed E-state index contributed by atoms with van der Waals surface area (Å²) in [5, 5.41) is 18.2. The van der Waals surface area contributed by atoms with Crippen LogP contribution in [0.5, 0.6) is 0 Å². The van der Waals surface area contributed by atoms with Crippen LogP contribution in [-0.2, 0) is 9.59 Å². The lowest BCUT2D eigenvalue weighted by molar-refractivity contribution is -0.136. The molecule has 6 bridgehead atoms. The molecule has 2 N–H and O–H groups in total. The van der Waals surface area contributed by atoms with Gasteiger partial charge in [0, 0.05) is 0 Å². The van der Waals surface area contributed by atoms with Gasteiger partial charge < -0.3 is 10.2 Å². The summed E-state index contributed by atoms with van der Waals surface area (Å²) in [5.74, 6) is 0.191. The first kappa shape index (κ1) is 7.91. The number of hydrogen-bond acceptors (Lipinski definition) is 2. The summed E-state index contributed by atoms with van der Waals surface area (Å²) >= 11 is 0. The summed E-state index contributed by atoms with van der Waals surface area (Å²) in [6.45, 7) is 0. The molecule has 78 valence electrons. The lowest BCUT2D eigenvalue weighted by atomic mass is 9.92. The number of carboxylic acids is 2. The molecule has 4 nitrogen and oxygen atoms in total. The van der Waals surface area contributed by atoms with E-state index in [0.717, 1.165) is 6.42 Å². The summed E-state index contributed by atoms with van der Waals surface area (Å²) in [6, 6.07) is 0. The van der Waals surface area contributed by atoms with Crippen molar-refractivity contribution in [1.82, 2.24) is 0 Å². The predicted molar refractivity (Wildman–Crippen MR) is 47.9 cm³/mol. The second-order valence-corrected chi connectivity index (χ2v) is 5.21. The second-order valence-electron chi connectivity index (χ2n) is 5.21. The van der Waals surface area contributed by atoms with Gasteiger partial charge in [-0.15, -0.1) is 0 Å². The fourth-order valence-corrected chi connectivity index (χ4v) is 4.84. The number of rotatable bonds is 2. The fraction of sp³-hybridized carbons (Fsp3) is 0.636. The SMILES string of the molecule is O=C(O)C1=C(C(=O)O)[C@H]2C3CC4[C@@H]([C@H]42)[C@@H]13. The molecule has 5 aliphatic rings. The Bertz CT molecular complexity index is 412. The number of carbonyl (C=O) groups is 2. The molecular weight excluding hydrogens is 196 g/mol. The molecule has 5 aliphatic carbocycles. The van der Waals surface area contributed by atoms with E-state index >= 15 is 0 Å². The smallest absolute Gasteiger partial charge is 0.332 e. The van der Waals surface area contributed by atoms with Crippen molar-refractivity contribution in [2.75, 3.05) is 0 Å². The minimum Gasteiger partial charge on any atom is -0.478 e. The predicted octanol–water partition coefficient (Wildman–Crippen LogP) is 0.594. The van der Waals surface area contributed by atoms with Gasteiger partial charge >= 0.3 is 11.9 Å². The third-order valence-electron chi connectivity index (χ3n) is 5.01. The molecule has 0 saturated heterocycles. The molecule has 0 spiro atoms. The van der Waals surface area contributed by atoms with Crippen LogP contribution in [0.25, 0.3) is 0 Å². The van der Waals surface area contributed by atoms with Gasteiger partial charge in [-0.25, -0.2) is 9.59 Å². The van der Waals surface area contributed by atoms with Gasteiger partial charge in [0.15, 0.2) is 0 Å². The van der Waals surface area contributed by atoms with Gasteiger partial charge in [-0.3, -0.25) is 0 Å². The zero-order valence-corrected chi connectivity index (χ0v) is 7.88. The number of aliphatic carboxylic acids is 2. The molecule has 4 fully saturated rings. The van der Waals surface area contributed by atoms with Crippen molar-refractivity contribution in [3.63, 3.8) is 0 Å². The first-order valence-electron chi connectivity index (χ1n) is 5.33. The molecular formula is C11H10O4. The van der Waals surface area contributed by atoms with E-state index in [1.165, 1.54) is 0 Å². The molecule has 0 amide bonds. The standard InChI is InChI=1S/C11H10O4/c12-10(13)8-6-3-1-2-4(6)5(2)7(3)9(8)11(14)15/h2-7H,1H2,(H,12,13)(H,14,15)/t2?,3?,4-,5-,6-,7-/m0/s1. The molecule has 0 aliphatic heterocycles. The Hall–Kier alpha value is -1.32. The average Bonchev–Trinajstić information content (AvgIpc) is 2.55. The Labute approximate surface area is 85.6 Å². The van der Waals surface area contributed by atoms with Crippen LogP contribution in [0.3, 0.4) is 0 Å². The Morgan fingerprint density at radius 1 is 0.933 bits per heavy atom. The zero-order chi connectivity index (χ0) is 10.5. The van der Waals surface area contributed by atoms with E-state index in [-0.39, 0.29) is 23.0 Å². The van der Waals surface area contributed by atoms with E-state index in [0.29, 0.717) is 23.7 Å². The molecule has 5 rings (SSSR count). The van der Waals surface area contributed by atoms with Crippen molar-refractivity contribution in [2.45, 2.75) is 6.42 Å². The summed E-state index contributed by atoms with van der Waals surface area (Å²) < 4.78 is 0. The lowest BCUT2D eigenvalue weighted by Gasteiger charge is -2.12. The zero-order valence-electron chi connectivity index (χ0n) is 7.88. The topological polar surface area (TPSA) is 74.6 Å². The molecule has 4 atom stereocenters. The maximum Gasteiger partial charge on any atom is 0.332 e. The second kappa shape index (κ2) is 1.96. The van der Waals surface area contributed by atoms with Gasteiger partial charge in [0.2, 0.25) is 0 Å². The molecule has 0 aromatic heterocycles. The highest BCUT2D eigenvalue weighted by atomic mass is 16.4. The molecule has 4 heteroatoms. The molecule has 0 aromatic rings. The maximum atomic E-state index is 11.1. The molecule has 0 aromatic carbocycles. The lowest BCUT2D eigenvalue weighted by Crippen LogP contribution is -2.18. The quantitative estimate of drug-likeness (QED) is 0.693. The molecule has 4 saturated carbocycles. The van der Waals surface area contributed by atoms with Crippen LogP contribution in [0, 0.1) is 35.5 Å². The van der Waals surface area contributed by atoms with E-state index < -0.39 is 11.9 Å². The van der Waals surface area contributed by atoms with Crippen LogP contribution < -0.4 is 0 Å². The van der Waals surface area contributed by atoms with Crippen LogP contribution in [0.2, 0.25) is 0 Å². The Kier molecular flexibility index (Phi) is 1.03. The van der Waals surface area contributed by atoms with Crippen molar-refractivity contribution >= 4 is 11.9 Å². The highest BCUT2D eigenvalue weighted by Crippen LogP contribution is 2.81. The third-order valence-corrected chi connectivity index (χ3v) is 5.01. The number of carboxylic acid groups (broad SMARTS) is 2. The van der Waals surface area contributed by atoms with Crippen LogP contribution >= 0.6 is 0 Å². The Morgan fingerprint density at radius 3 is 1.73 bits per heavy atom. The minimum absolute atomic E-state index is 0.0774. The van der Waals surface area contributed by atoms with Crippen molar-refractivity contribution in [2.24, 2.45) is 35.5 Å². The van der Waals surface area contributed by atoms with Crippen molar-refractivity contribution in [3.8, 4) is 0 Å². The minimum atomic E-state index is -1.00. The van der Waals surface area contributed by atoms with Crippen LogP contribution in [0.15, 0.2) is 11.1 Å². The number of hydrogen-bond donors (Lipinski definition) is 2. The fourth-order valence-electron chi connectivity index (χ4n) is 4.84. The van der Waals surface area contributed by atoms with Gasteiger partial charge in [-0.1, -0.05) is 0 Å². The van der Waals surface area contributed by atoms with Crippen LogP contribution in [-0.4, -0.2) is 22.2 Å². The first-order chi connectivity index (χ1) is 7.13. The third kappa shape index (κ3) is 0.610.